The molecule has 4 aliphatic rings. The van der Waals surface area contributed by atoms with E-state index in [1.807, 2.05) is 0 Å². The van der Waals surface area contributed by atoms with Gasteiger partial charge in [-0.05, 0) is 54.8 Å². The minimum absolute atomic E-state index is 0.0133. The fourth-order valence-electron chi connectivity index (χ4n) is 9.84. The minimum atomic E-state index is -2.33. The molecular formula is C46H49NO14. The van der Waals surface area contributed by atoms with E-state index in [9.17, 15) is 39.3 Å². The van der Waals surface area contributed by atoms with Crippen molar-refractivity contribution in [3.8, 4) is 0 Å². The molecule has 3 aliphatic carbocycles. The Morgan fingerprint density at radius 3 is 2.00 bits per heavy atom. The number of aliphatic hydroxyl groups is 3. The lowest BCUT2D eigenvalue weighted by molar-refractivity contribution is -0.343. The second-order valence-electron chi connectivity index (χ2n) is 16.6. The number of carbonyl (C=O) groups excluding carboxylic acids is 6. The van der Waals surface area contributed by atoms with E-state index < -0.39 is 113 Å². The topological polar surface area (TPSA) is 221 Å². The third kappa shape index (κ3) is 7.53. The van der Waals surface area contributed by atoms with Gasteiger partial charge in [0.1, 0.15) is 23.9 Å². The van der Waals surface area contributed by atoms with E-state index in [1.54, 1.807) is 85.8 Å². The molecular weight excluding hydrogens is 790 g/mol. The van der Waals surface area contributed by atoms with Gasteiger partial charge in [0.15, 0.2) is 23.6 Å². The quantitative estimate of drug-likeness (QED) is 0.131. The number of Topliss-reactive ketones (excluding diaryl/α,β-unsaturated/α-hetero) is 1. The summed E-state index contributed by atoms with van der Waals surface area (Å²) in [5.41, 5.74) is -5.21. The standard InChI is InChI=1S/C46H49NO14/c1-24-31(59-43(55)36(51)35(28-15-9-6-10-16-28)47-41(53)29-17-11-7-12-18-29)22-45(56)25(2)34(24)37(58-26(3)48)39(52)44(5)32(50)21-33-46(23-57-33,61-27(4)49)38(44)40(45)60-42(54)30-19-13-8-14-20-30/h6-20,25,31-33,35-38,40,50-51,56H,21-23H2,1-5H3,(H,47,53)/t25-,31+,32+,33-,35+,36-,37-,38+,40+,44-,45+,46+/m1/s1. The van der Waals surface area contributed by atoms with Crippen molar-refractivity contribution in [3.63, 3.8) is 0 Å². The molecule has 1 amide bonds. The van der Waals surface area contributed by atoms with Crippen molar-refractivity contribution in [3.05, 3.63) is 119 Å². The van der Waals surface area contributed by atoms with Crippen LogP contribution in [-0.4, -0.2) is 105 Å². The lowest BCUT2D eigenvalue weighted by Gasteiger charge is -2.66. The van der Waals surface area contributed by atoms with Crippen LogP contribution < -0.4 is 5.32 Å². The highest BCUT2D eigenvalue weighted by atomic mass is 16.6. The largest absolute Gasteiger partial charge is 0.456 e. The Kier molecular flexibility index (Phi) is 11.8. The summed E-state index contributed by atoms with van der Waals surface area (Å²) in [5.74, 6) is -7.98. The molecule has 2 bridgehead atoms. The number of benzene rings is 3. The van der Waals surface area contributed by atoms with Crippen molar-refractivity contribution in [2.24, 2.45) is 17.3 Å². The van der Waals surface area contributed by atoms with Crippen LogP contribution in [0.25, 0.3) is 0 Å². The Morgan fingerprint density at radius 1 is 0.852 bits per heavy atom. The second-order valence-corrected chi connectivity index (χ2v) is 16.6. The molecule has 322 valence electrons. The fourth-order valence-corrected chi connectivity index (χ4v) is 9.84. The van der Waals surface area contributed by atoms with Crippen molar-refractivity contribution in [1.82, 2.24) is 5.32 Å². The first-order valence-electron chi connectivity index (χ1n) is 20.1. The lowest BCUT2D eigenvalue weighted by atomic mass is 9.47. The van der Waals surface area contributed by atoms with Gasteiger partial charge < -0.3 is 44.3 Å². The maximum Gasteiger partial charge on any atom is 0.338 e. The van der Waals surface area contributed by atoms with E-state index >= 15 is 4.79 Å². The first-order valence-corrected chi connectivity index (χ1v) is 20.1. The predicted octanol–water partition coefficient (Wildman–Crippen LogP) is 3.35. The Labute approximate surface area is 352 Å². The molecule has 0 radical (unpaired) electrons. The predicted molar refractivity (Wildman–Crippen MR) is 213 cm³/mol. The highest BCUT2D eigenvalue weighted by molar-refractivity contribution is 5.96. The summed E-state index contributed by atoms with van der Waals surface area (Å²) in [6.45, 7) is 6.39. The van der Waals surface area contributed by atoms with Crippen molar-refractivity contribution in [2.45, 2.75) is 101 Å². The Morgan fingerprint density at radius 2 is 1.44 bits per heavy atom. The van der Waals surface area contributed by atoms with Crippen LogP contribution in [0, 0.1) is 17.3 Å². The minimum Gasteiger partial charge on any atom is -0.456 e. The molecule has 1 saturated heterocycles. The third-order valence-electron chi connectivity index (χ3n) is 13.0. The molecule has 2 saturated carbocycles. The maximum absolute atomic E-state index is 15.3. The van der Waals surface area contributed by atoms with Crippen LogP contribution in [0.3, 0.4) is 0 Å². The molecule has 0 spiro atoms. The maximum atomic E-state index is 15.3. The van der Waals surface area contributed by atoms with Crippen LogP contribution in [0.15, 0.2) is 102 Å². The molecule has 7 rings (SSSR count). The van der Waals surface area contributed by atoms with Crippen LogP contribution in [0.2, 0.25) is 0 Å². The highest BCUT2D eigenvalue weighted by Gasteiger charge is 2.77. The number of esters is 4. The Balaban J connectivity index is 1.36. The van der Waals surface area contributed by atoms with E-state index in [0.29, 0.717) is 5.56 Å². The SMILES string of the molecule is CC(=O)O[C@H]1C(=O)[C@@]2(C)[C@H]([C@H](OC(=O)c3ccccc3)[C@]3(O)C[C@H](OC(=O)[C@H](O)[C@@H](NC(=O)c4ccccc4)c4ccccc4)C(C)=C1[C@H]3C)[C@]1(OC(C)=O)CO[C@@H]1C[C@@H]2O. The van der Waals surface area contributed by atoms with Gasteiger partial charge in [0.25, 0.3) is 5.91 Å². The molecule has 1 heterocycles. The van der Waals surface area contributed by atoms with Gasteiger partial charge in [0.05, 0.1) is 35.6 Å². The lowest BCUT2D eigenvalue weighted by Crippen LogP contribution is -2.81. The van der Waals surface area contributed by atoms with Crippen molar-refractivity contribution in [1.29, 1.82) is 0 Å². The number of nitrogens with one attached hydrogen (secondary N) is 1. The molecule has 1 aliphatic heterocycles. The van der Waals surface area contributed by atoms with E-state index in [1.165, 1.54) is 26.0 Å². The number of aliphatic hydroxyl groups excluding tert-OH is 2. The fraction of sp³-hybridized carbons (Fsp3) is 0.435. The average molecular weight is 840 g/mol. The molecule has 3 aromatic rings. The number of hydrogen-bond acceptors (Lipinski definition) is 14. The zero-order valence-electron chi connectivity index (χ0n) is 34.3. The van der Waals surface area contributed by atoms with Gasteiger partial charge >= 0.3 is 23.9 Å². The van der Waals surface area contributed by atoms with Crippen LogP contribution in [0.5, 0.6) is 0 Å². The zero-order chi connectivity index (χ0) is 44.0. The van der Waals surface area contributed by atoms with Crippen molar-refractivity contribution in [2.75, 3.05) is 6.61 Å². The van der Waals surface area contributed by atoms with Crippen LogP contribution in [0.4, 0.5) is 0 Å². The molecule has 15 nitrogen and oxygen atoms in total. The Bertz CT molecular complexity index is 2230. The van der Waals surface area contributed by atoms with Gasteiger partial charge in [-0.3, -0.25) is 19.2 Å². The van der Waals surface area contributed by atoms with Crippen LogP contribution in [0.1, 0.15) is 79.8 Å². The summed E-state index contributed by atoms with van der Waals surface area (Å²) in [7, 11) is 0. The van der Waals surface area contributed by atoms with Gasteiger partial charge in [-0.1, -0.05) is 73.7 Å². The van der Waals surface area contributed by atoms with Gasteiger partial charge in [0, 0.05) is 38.2 Å². The molecule has 4 N–H and O–H groups in total. The third-order valence-corrected chi connectivity index (χ3v) is 13.0. The van der Waals surface area contributed by atoms with E-state index in [4.69, 9.17) is 23.7 Å². The molecule has 0 unspecified atom stereocenters. The first kappa shape index (κ1) is 43.4. The summed E-state index contributed by atoms with van der Waals surface area (Å²) in [6, 6.07) is 22.9. The molecule has 15 heteroatoms. The zero-order valence-corrected chi connectivity index (χ0v) is 34.3. The smallest absolute Gasteiger partial charge is 0.338 e. The normalized spacial score (nSPS) is 32.5. The molecule has 0 aromatic heterocycles. The van der Waals surface area contributed by atoms with Crippen LogP contribution in [-0.2, 0) is 42.9 Å². The number of ketones is 1. The molecule has 3 aromatic carbocycles. The van der Waals surface area contributed by atoms with Gasteiger partial charge in [0.2, 0.25) is 0 Å². The Hall–Kier alpha value is -5.74. The summed E-state index contributed by atoms with van der Waals surface area (Å²) in [6.07, 6.45) is -10.4. The number of rotatable bonds is 10. The van der Waals surface area contributed by atoms with E-state index in [0.717, 1.165) is 13.8 Å². The van der Waals surface area contributed by atoms with E-state index in [-0.39, 0.29) is 35.3 Å². The summed E-state index contributed by atoms with van der Waals surface area (Å²) >= 11 is 0. The molecule has 61 heavy (non-hydrogen) atoms. The monoisotopic (exact) mass is 839 g/mol. The second kappa shape index (κ2) is 16.6. The first-order chi connectivity index (χ1) is 28.9. The number of hydrogen-bond donors (Lipinski definition) is 4. The number of fused-ring (bicyclic) bond motifs is 5. The summed E-state index contributed by atoms with van der Waals surface area (Å²) in [5, 5.41) is 39.9. The van der Waals surface area contributed by atoms with Gasteiger partial charge in [-0.2, -0.15) is 0 Å². The van der Waals surface area contributed by atoms with E-state index in [2.05, 4.69) is 5.32 Å². The summed E-state index contributed by atoms with van der Waals surface area (Å²) in [4.78, 5) is 82.9. The highest BCUT2D eigenvalue weighted by Crippen LogP contribution is 2.62. The molecule has 12 atom stereocenters. The number of ether oxygens (including phenoxy) is 5. The summed E-state index contributed by atoms with van der Waals surface area (Å²) < 4.78 is 30.0. The average Bonchev–Trinajstić information content (AvgIpc) is 3.24. The number of amides is 1. The van der Waals surface area contributed by atoms with Gasteiger partial charge in [-0.25, -0.2) is 9.59 Å². The molecule has 3 fully saturated rings. The van der Waals surface area contributed by atoms with Crippen molar-refractivity contribution < 1.29 is 67.8 Å². The van der Waals surface area contributed by atoms with Gasteiger partial charge in [-0.15, -0.1) is 0 Å². The van der Waals surface area contributed by atoms with Crippen LogP contribution >= 0.6 is 0 Å². The van der Waals surface area contributed by atoms with Crippen molar-refractivity contribution >= 4 is 35.6 Å². The number of carbonyl (C=O) groups is 6.